The van der Waals surface area contributed by atoms with Crippen LogP contribution in [-0.2, 0) is 14.8 Å². The van der Waals surface area contributed by atoms with E-state index in [1.54, 1.807) is 18.2 Å². The normalized spacial score (nSPS) is 17.6. The summed E-state index contributed by atoms with van der Waals surface area (Å²) in [6, 6.07) is 14.9. The summed E-state index contributed by atoms with van der Waals surface area (Å²) >= 11 is 0. The van der Waals surface area contributed by atoms with Crippen molar-refractivity contribution in [3.8, 4) is 11.1 Å². The number of nitrogens with one attached hydrogen (secondary N) is 1. The second kappa shape index (κ2) is 6.75. The summed E-state index contributed by atoms with van der Waals surface area (Å²) < 4.78 is 31.7. The Kier molecular flexibility index (Phi) is 4.69. The molecule has 6 heteroatoms. The van der Waals surface area contributed by atoms with Gasteiger partial charge in [-0.15, -0.1) is 0 Å². The van der Waals surface area contributed by atoms with E-state index in [0.29, 0.717) is 18.6 Å². The van der Waals surface area contributed by atoms with Gasteiger partial charge < -0.3 is 4.74 Å². The molecule has 1 amide bonds. The first-order valence-electron chi connectivity index (χ1n) is 7.76. The highest BCUT2D eigenvalue weighted by Crippen LogP contribution is 2.22. The smallest absolute Gasteiger partial charge is 0.264 e. The van der Waals surface area contributed by atoms with Crippen LogP contribution in [0.25, 0.3) is 11.1 Å². The van der Waals surface area contributed by atoms with Crippen LogP contribution in [0.4, 0.5) is 0 Å². The summed E-state index contributed by atoms with van der Waals surface area (Å²) in [4.78, 5) is 12.3. The van der Waals surface area contributed by atoms with Crippen molar-refractivity contribution in [3.05, 3.63) is 59.7 Å². The Morgan fingerprint density at radius 3 is 2.50 bits per heavy atom. The van der Waals surface area contributed by atoms with Crippen molar-refractivity contribution in [3.63, 3.8) is 0 Å². The van der Waals surface area contributed by atoms with E-state index in [2.05, 4.69) is 4.72 Å². The van der Waals surface area contributed by atoms with Crippen LogP contribution in [0, 0.1) is 6.92 Å². The molecule has 1 heterocycles. The van der Waals surface area contributed by atoms with Gasteiger partial charge in [0.05, 0.1) is 6.61 Å². The maximum absolute atomic E-state index is 12.3. The van der Waals surface area contributed by atoms with Crippen LogP contribution in [0.5, 0.6) is 0 Å². The average Bonchev–Trinajstić information content (AvgIpc) is 3.10. The molecule has 1 fully saturated rings. The summed E-state index contributed by atoms with van der Waals surface area (Å²) in [5.74, 6) is -0.614. The number of benzene rings is 2. The maximum atomic E-state index is 12.3. The van der Waals surface area contributed by atoms with Crippen LogP contribution in [0.15, 0.2) is 48.5 Å². The number of carbonyl (C=O) groups is 1. The first kappa shape index (κ1) is 16.7. The first-order valence-corrected chi connectivity index (χ1v) is 9.31. The zero-order chi connectivity index (χ0) is 17.2. The highest BCUT2D eigenvalue weighted by atomic mass is 32.2. The largest absolute Gasteiger partial charge is 0.380 e. The molecule has 1 N–H and O–H groups in total. The molecule has 126 valence electrons. The number of carbonyl (C=O) groups excluding carboxylic acids is 1. The van der Waals surface area contributed by atoms with Gasteiger partial charge in [0.1, 0.15) is 5.25 Å². The molecule has 1 aliphatic rings. The Hall–Kier alpha value is -2.18. The van der Waals surface area contributed by atoms with Gasteiger partial charge >= 0.3 is 0 Å². The lowest BCUT2D eigenvalue weighted by atomic mass is 10.0. The third-order valence-corrected chi connectivity index (χ3v) is 5.76. The van der Waals surface area contributed by atoms with Gasteiger partial charge in [0.2, 0.25) is 10.0 Å². The van der Waals surface area contributed by atoms with Crippen LogP contribution < -0.4 is 4.72 Å². The van der Waals surface area contributed by atoms with E-state index in [1.165, 1.54) is 0 Å². The number of hydrogen-bond acceptors (Lipinski definition) is 4. The number of ether oxygens (including phenoxy) is 1. The minimum Gasteiger partial charge on any atom is -0.380 e. The molecule has 0 aromatic heterocycles. The fourth-order valence-electron chi connectivity index (χ4n) is 2.69. The number of aryl methyl sites for hydroxylation is 1. The molecule has 2 aromatic rings. The van der Waals surface area contributed by atoms with Crippen molar-refractivity contribution in [1.82, 2.24) is 4.72 Å². The van der Waals surface area contributed by atoms with Crippen molar-refractivity contribution in [2.75, 3.05) is 13.2 Å². The molecular formula is C18H19NO4S. The van der Waals surface area contributed by atoms with E-state index in [9.17, 15) is 13.2 Å². The third-order valence-electron chi connectivity index (χ3n) is 4.04. The van der Waals surface area contributed by atoms with E-state index in [1.807, 2.05) is 37.3 Å². The second-order valence-electron chi connectivity index (χ2n) is 5.91. The lowest BCUT2D eigenvalue weighted by Gasteiger charge is -2.12. The van der Waals surface area contributed by atoms with E-state index in [4.69, 9.17) is 4.74 Å². The molecule has 2 aromatic carbocycles. The lowest BCUT2D eigenvalue weighted by molar-refractivity contribution is 0.0981. The van der Waals surface area contributed by atoms with Crippen LogP contribution in [0.2, 0.25) is 0 Å². The predicted molar refractivity (Wildman–Crippen MR) is 92.2 cm³/mol. The quantitative estimate of drug-likeness (QED) is 0.924. The van der Waals surface area contributed by atoms with Gasteiger partial charge in [-0.05, 0) is 36.6 Å². The van der Waals surface area contributed by atoms with Crippen LogP contribution in [-0.4, -0.2) is 32.8 Å². The highest BCUT2D eigenvalue weighted by molar-refractivity contribution is 7.90. The van der Waals surface area contributed by atoms with E-state index in [-0.39, 0.29) is 6.61 Å². The number of sulfonamides is 1. The summed E-state index contributed by atoms with van der Waals surface area (Å²) in [5, 5.41) is -0.665. The van der Waals surface area contributed by atoms with Crippen molar-refractivity contribution in [2.45, 2.75) is 18.6 Å². The van der Waals surface area contributed by atoms with Gasteiger partial charge in [-0.1, -0.05) is 42.0 Å². The molecule has 0 spiro atoms. The monoisotopic (exact) mass is 345 g/mol. The molecular weight excluding hydrogens is 326 g/mol. The molecule has 0 radical (unpaired) electrons. The summed E-state index contributed by atoms with van der Waals surface area (Å²) in [6.45, 7) is 2.53. The molecule has 1 saturated heterocycles. The van der Waals surface area contributed by atoms with Gasteiger partial charge in [0.15, 0.2) is 0 Å². The molecule has 0 aliphatic carbocycles. The Bertz CT molecular complexity index is 855. The predicted octanol–water partition coefficient (Wildman–Crippen LogP) is 2.51. The van der Waals surface area contributed by atoms with Gasteiger partial charge in [-0.3, -0.25) is 4.79 Å². The zero-order valence-electron chi connectivity index (χ0n) is 13.4. The number of amides is 1. The van der Waals surface area contributed by atoms with Crippen LogP contribution in [0.3, 0.4) is 0 Å². The number of rotatable bonds is 4. The van der Waals surface area contributed by atoms with E-state index >= 15 is 0 Å². The highest BCUT2D eigenvalue weighted by Gasteiger charge is 2.31. The Morgan fingerprint density at radius 2 is 1.83 bits per heavy atom. The fraction of sp³-hybridized carbons (Fsp3) is 0.278. The molecule has 1 atom stereocenters. The topological polar surface area (TPSA) is 72.5 Å². The minimum atomic E-state index is -3.72. The summed E-state index contributed by atoms with van der Waals surface area (Å²) in [5.41, 5.74) is 3.28. The molecule has 0 saturated carbocycles. The molecule has 5 nitrogen and oxygen atoms in total. The summed E-state index contributed by atoms with van der Waals surface area (Å²) in [6.07, 6.45) is 0.409. The summed E-state index contributed by atoms with van der Waals surface area (Å²) in [7, 11) is -3.72. The van der Waals surface area contributed by atoms with Crippen LogP contribution >= 0.6 is 0 Å². The fourth-order valence-corrected chi connectivity index (χ4v) is 3.92. The Morgan fingerprint density at radius 1 is 1.12 bits per heavy atom. The lowest BCUT2D eigenvalue weighted by Crippen LogP contribution is -2.38. The van der Waals surface area contributed by atoms with Crippen molar-refractivity contribution < 1.29 is 17.9 Å². The molecule has 24 heavy (non-hydrogen) atoms. The van der Waals surface area contributed by atoms with E-state index in [0.717, 1.165) is 16.7 Å². The second-order valence-corrected chi connectivity index (χ2v) is 7.87. The van der Waals surface area contributed by atoms with Crippen molar-refractivity contribution in [1.29, 1.82) is 0 Å². The Labute approximate surface area is 141 Å². The van der Waals surface area contributed by atoms with Crippen molar-refractivity contribution in [2.24, 2.45) is 0 Å². The molecule has 1 unspecified atom stereocenters. The van der Waals surface area contributed by atoms with Gasteiger partial charge in [0.25, 0.3) is 5.91 Å². The molecule has 0 bridgehead atoms. The Balaban J connectivity index is 1.82. The SMILES string of the molecule is Cc1cccc(-c2cccc(C(=O)NS(=O)(=O)C3CCOC3)c2)c1. The third kappa shape index (κ3) is 3.66. The van der Waals surface area contributed by atoms with Gasteiger partial charge in [0, 0.05) is 12.2 Å². The van der Waals surface area contributed by atoms with E-state index < -0.39 is 21.2 Å². The minimum absolute atomic E-state index is 0.131. The van der Waals surface area contributed by atoms with Crippen molar-refractivity contribution >= 4 is 15.9 Å². The molecule has 3 rings (SSSR count). The first-order chi connectivity index (χ1) is 11.5. The number of hydrogen-bond donors (Lipinski definition) is 1. The maximum Gasteiger partial charge on any atom is 0.264 e. The zero-order valence-corrected chi connectivity index (χ0v) is 14.2. The van der Waals surface area contributed by atoms with Gasteiger partial charge in [-0.25, -0.2) is 13.1 Å². The standard InChI is InChI=1S/C18H19NO4S/c1-13-4-2-5-14(10-13)15-6-3-7-16(11-15)18(20)19-24(21,22)17-8-9-23-12-17/h2-7,10-11,17H,8-9,12H2,1H3,(H,19,20). The average molecular weight is 345 g/mol. The molecule has 1 aliphatic heterocycles. The van der Waals surface area contributed by atoms with Crippen LogP contribution in [0.1, 0.15) is 22.3 Å². The van der Waals surface area contributed by atoms with Gasteiger partial charge in [-0.2, -0.15) is 0 Å².